The molecule has 0 fully saturated rings. The normalized spacial score (nSPS) is 16.6. The molecule has 28 heavy (non-hydrogen) atoms. The highest BCUT2D eigenvalue weighted by molar-refractivity contribution is 6.10. The van der Waals surface area contributed by atoms with E-state index < -0.39 is 5.91 Å². The predicted octanol–water partition coefficient (Wildman–Crippen LogP) is 4.79. The first-order valence-corrected chi connectivity index (χ1v) is 9.57. The van der Waals surface area contributed by atoms with Gasteiger partial charge in [0.2, 0.25) is 0 Å². The molecular formula is C24H26N2O2. The van der Waals surface area contributed by atoms with E-state index >= 15 is 0 Å². The molecule has 1 aliphatic rings. The SMILES string of the molecule is Cc1cc2c(cc1C(=O)c1ccc(C(=O)NC#N)cc1)C(C)(C)CCC2(C)C. The monoisotopic (exact) mass is 374 g/mol. The van der Waals surface area contributed by atoms with Gasteiger partial charge in [0.15, 0.2) is 12.0 Å². The first kappa shape index (κ1) is 19.8. The highest BCUT2D eigenvalue weighted by Crippen LogP contribution is 2.46. The largest absolute Gasteiger partial charge is 0.289 e. The molecule has 3 rings (SSSR count). The van der Waals surface area contributed by atoms with E-state index in [0.717, 1.165) is 18.4 Å². The van der Waals surface area contributed by atoms with Crippen molar-refractivity contribution in [3.05, 3.63) is 69.8 Å². The number of ketones is 1. The van der Waals surface area contributed by atoms with E-state index in [4.69, 9.17) is 5.26 Å². The fourth-order valence-corrected chi connectivity index (χ4v) is 4.02. The molecule has 0 saturated heterocycles. The Morgan fingerprint density at radius 2 is 1.43 bits per heavy atom. The molecule has 0 unspecified atom stereocenters. The number of amides is 1. The van der Waals surface area contributed by atoms with Gasteiger partial charge in [-0.15, -0.1) is 0 Å². The Labute approximate surface area is 166 Å². The van der Waals surface area contributed by atoms with Crippen LogP contribution in [0.15, 0.2) is 36.4 Å². The summed E-state index contributed by atoms with van der Waals surface area (Å²) in [7, 11) is 0. The van der Waals surface area contributed by atoms with E-state index in [9.17, 15) is 9.59 Å². The minimum Gasteiger partial charge on any atom is -0.289 e. The van der Waals surface area contributed by atoms with Crippen LogP contribution in [0, 0.1) is 18.4 Å². The molecule has 4 nitrogen and oxygen atoms in total. The van der Waals surface area contributed by atoms with E-state index in [2.05, 4.69) is 45.1 Å². The van der Waals surface area contributed by atoms with Gasteiger partial charge < -0.3 is 0 Å². The lowest BCUT2D eigenvalue weighted by molar-refractivity contribution is 0.0970. The van der Waals surface area contributed by atoms with Crippen molar-refractivity contribution in [3.8, 4) is 6.19 Å². The third kappa shape index (κ3) is 3.45. The summed E-state index contributed by atoms with van der Waals surface area (Å²) in [6, 6.07) is 10.7. The van der Waals surface area contributed by atoms with Crippen molar-refractivity contribution in [1.82, 2.24) is 5.32 Å². The highest BCUT2D eigenvalue weighted by atomic mass is 16.1. The number of carbonyl (C=O) groups is 2. The summed E-state index contributed by atoms with van der Waals surface area (Å²) in [5.74, 6) is -0.526. The average molecular weight is 374 g/mol. The van der Waals surface area contributed by atoms with Crippen LogP contribution >= 0.6 is 0 Å². The van der Waals surface area contributed by atoms with Crippen LogP contribution in [-0.4, -0.2) is 11.7 Å². The topological polar surface area (TPSA) is 70.0 Å². The van der Waals surface area contributed by atoms with Crippen LogP contribution < -0.4 is 5.32 Å². The zero-order valence-electron chi connectivity index (χ0n) is 17.1. The molecule has 2 aromatic rings. The molecule has 0 heterocycles. The second-order valence-corrected chi connectivity index (χ2v) is 8.95. The molecule has 4 heteroatoms. The predicted molar refractivity (Wildman–Crippen MR) is 109 cm³/mol. The number of aryl methyl sites for hydroxylation is 1. The van der Waals surface area contributed by atoms with Gasteiger partial charge in [-0.25, -0.2) is 0 Å². The molecule has 0 aromatic heterocycles. The van der Waals surface area contributed by atoms with Crippen molar-refractivity contribution in [2.45, 2.75) is 58.3 Å². The Kier molecular flexibility index (Phi) is 4.89. The van der Waals surface area contributed by atoms with Gasteiger partial charge in [-0.1, -0.05) is 45.9 Å². The maximum atomic E-state index is 13.2. The molecule has 1 aliphatic carbocycles. The summed E-state index contributed by atoms with van der Waals surface area (Å²) in [4.78, 5) is 24.9. The van der Waals surface area contributed by atoms with E-state index in [1.165, 1.54) is 11.1 Å². The molecule has 2 aromatic carbocycles. The fourth-order valence-electron chi connectivity index (χ4n) is 4.02. The summed E-state index contributed by atoms with van der Waals surface area (Å²) < 4.78 is 0. The number of carbonyl (C=O) groups excluding carboxylic acids is 2. The van der Waals surface area contributed by atoms with Crippen LogP contribution in [-0.2, 0) is 10.8 Å². The maximum Gasteiger partial charge on any atom is 0.264 e. The Morgan fingerprint density at radius 3 is 1.96 bits per heavy atom. The number of hydrogen-bond acceptors (Lipinski definition) is 3. The quantitative estimate of drug-likeness (QED) is 0.477. The van der Waals surface area contributed by atoms with Crippen LogP contribution in [0.5, 0.6) is 0 Å². The van der Waals surface area contributed by atoms with Crippen molar-refractivity contribution in [1.29, 1.82) is 5.26 Å². The van der Waals surface area contributed by atoms with E-state index in [1.54, 1.807) is 30.5 Å². The van der Waals surface area contributed by atoms with Crippen LogP contribution in [0.4, 0.5) is 0 Å². The van der Waals surface area contributed by atoms with Gasteiger partial charge in [-0.3, -0.25) is 14.9 Å². The number of nitriles is 1. The van der Waals surface area contributed by atoms with Crippen molar-refractivity contribution in [2.75, 3.05) is 0 Å². The van der Waals surface area contributed by atoms with Crippen molar-refractivity contribution >= 4 is 11.7 Å². The summed E-state index contributed by atoms with van der Waals surface area (Å²) in [6.07, 6.45) is 3.83. The zero-order valence-corrected chi connectivity index (χ0v) is 17.1. The van der Waals surface area contributed by atoms with Gasteiger partial charge in [-0.05, 0) is 65.5 Å². The van der Waals surface area contributed by atoms with E-state index in [-0.39, 0.29) is 16.6 Å². The van der Waals surface area contributed by atoms with Crippen LogP contribution in [0.3, 0.4) is 0 Å². The highest BCUT2D eigenvalue weighted by Gasteiger charge is 2.37. The summed E-state index contributed by atoms with van der Waals surface area (Å²) in [5, 5.41) is 10.6. The van der Waals surface area contributed by atoms with E-state index in [0.29, 0.717) is 16.7 Å². The number of nitrogens with zero attached hydrogens (tertiary/aromatic N) is 1. The lowest BCUT2D eigenvalue weighted by Gasteiger charge is -2.42. The molecule has 0 bridgehead atoms. The first-order valence-electron chi connectivity index (χ1n) is 9.57. The minimum absolute atomic E-state index is 0.0345. The summed E-state index contributed by atoms with van der Waals surface area (Å²) >= 11 is 0. The number of fused-ring (bicyclic) bond motifs is 1. The van der Waals surface area contributed by atoms with Gasteiger partial charge in [0.25, 0.3) is 5.91 Å². The van der Waals surface area contributed by atoms with Crippen molar-refractivity contribution in [2.24, 2.45) is 0 Å². The molecule has 0 saturated carbocycles. The van der Waals surface area contributed by atoms with Crippen LogP contribution in [0.25, 0.3) is 0 Å². The lowest BCUT2D eigenvalue weighted by atomic mass is 9.62. The lowest BCUT2D eigenvalue weighted by Crippen LogP contribution is -2.34. The molecule has 0 radical (unpaired) electrons. The summed E-state index contributed by atoms with van der Waals surface area (Å²) in [5.41, 5.74) is 5.29. The Morgan fingerprint density at radius 1 is 0.929 bits per heavy atom. The molecule has 0 aliphatic heterocycles. The number of rotatable bonds is 3. The smallest absolute Gasteiger partial charge is 0.264 e. The van der Waals surface area contributed by atoms with Gasteiger partial charge in [-0.2, -0.15) is 5.26 Å². The fraction of sp³-hybridized carbons (Fsp3) is 0.375. The molecule has 1 amide bonds. The van der Waals surface area contributed by atoms with Crippen molar-refractivity contribution in [3.63, 3.8) is 0 Å². The zero-order chi connectivity index (χ0) is 20.7. The van der Waals surface area contributed by atoms with Crippen LogP contribution in [0.2, 0.25) is 0 Å². The number of hydrogen-bond donors (Lipinski definition) is 1. The molecule has 0 atom stereocenters. The van der Waals surface area contributed by atoms with Gasteiger partial charge in [0.1, 0.15) is 0 Å². The minimum atomic E-state index is -0.476. The number of nitrogens with one attached hydrogen (secondary N) is 1. The molecular weight excluding hydrogens is 348 g/mol. The van der Waals surface area contributed by atoms with E-state index in [1.807, 2.05) is 6.92 Å². The molecule has 0 spiro atoms. The van der Waals surface area contributed by atoms with Gasteiger partial charge in [0, 0.05) is 16.7 Å². The summed E-state index contributed by atoms with van der Waals surface area (Å²) in [6.45, 7) is 11.0. The molecule has 144 valence electrons. The second-order valence-electron chi connectivity index (χ2n) is 8.95. The Bertz CT molecular complexity index is 993. The molecule has 1 N–H and O–H groups in total. The average Bonchev–Trinajstić information content (AvgIpc) is 2.65. The Hall–Kier alpha value is -2.93. The number of benzene rings is 2. The van der Waals surface area contributed by atoms with Gasteiger partial charge in [0.05, 0.1) is 0 Å². The van der Waals surface area contributed by atoms with Gasteiger partial charge >= 0.3 is 0 Å². The first-order chi connectivity index (χ1) is 13.1. The third-order valence-electron chi connectivity index (χ3n) is 6.02. The van der Waals surface area contributed by atoms with Crippen LogP contribution in [0.1, 0.15) is 83.5 Å². The standard InChI is InChI=1S/C24H26N2O2/c1-15-12-19-20(24(4,5)11-10-23(19,2)3)13-18(15)21(27)16-6-8-17(9-7-16)22(28)26-14-25/h6-9,12-13H,10-11H2,1-5H3,(H,26,28). The Balaban J connectivity index is 2.02. The van der Waals surface area contributed by atoms with Crippen molar-refractivity contribution < 1.29 is 9.59 Å². The maximum absolute atomic E-state index is 13.2. The second kappa shape index (κ2) is 6.91. The third-order valence-corrected chi connectivity index (χ3v) is 6.02.